The summed E-state index contributed by atoms with van der Waals surface area (Å²) in [5, 5.41) is 3.90. The number of anilines is 1. The van der Waals surface area contributed by atoms with Crippen LogP contribution in [0, 0.1) is 13.8 Å². The van der Waals surface area contributed by atoms with Crippen LogP contribution in [0.4, 0.5) is 5.82 Å². The fourth-order valence-electron chi connectivity index (χ4n) is 2.85. The van der Waals surface area contributed by atoms with E-state index in [4.69, 9.17) is 9.26 Å². The van der Waals surface area contributed by atoms with Crippen LogP contribution in [-0.2, 0) is 11.2 Å². The molecule has 0 aliphatic carbocycles. The number of carbonyl (C=O) groups excluding carboxylic acids is 1. The second-order valence-corrected chi connectivity index (χ2v) is 6.46. The van der Waals surface area contributed by atoms with E-state index in [9.17, 15) is 4.79 Å². The lowest BCUT2D eigenvalue weighted by Crippen LogP contribution is -2.32. The summed E-state index contributed by atoms with van der Waals surface area (Å²) in [6.07, 6.45) is 4.30. The van der Waals surface area contributed by atoms with Crippen molar-refractivity contribution in [3.8, 4) is 5.88 Å². The number of carbonyl (C=O) groups is 1. The molecular formula is C17H23N5O3. The Hall–Kier alpha value is -2.64. The molecule has 25 heavy (non-hydrogen) atoms. The zero-order valence-corrected chi connectivity index (χ0v) is 15.0. The first kappa shape index (κ1) is 17.2. The first-order chi connectivity index (χ1) is 11.9. The maximum absolute atomic E-state index is 12.5. The summed E-state index contributed by atoms with van der Waals surface area (Å²) in [6.45, 7) is 4.91. The van der Waals surface area contributed by atoms with Gasteiger partial charge in [-0.25, -0.2) is 0 Å². The van der Waals surface area contributed by atoms with Gasteiger partial charge in [-0.3, -0.25) is 9.78 Å². The number of hydrogen-bond acceptors (Lipinski definition) is 7. The van der Waals surface area contributed by atoms with Crippen molar-refractivity contribution in [1.29, 1.82) is 0 Å². The number of amides is 1. The maximum atomic E-state index is 12.5. The smallest absolute Gasteiger partial charge is 0.234 e. The van der Waals surface area contributed by atoms with E-state index in [1.807, 2.05) is 37.7 Å². The zero-order chi connectivity index (χ0) is 18.0. The molecule has 0 radical (unpaired) electrons. The summed E-state index contributed by atoms with van der Waals surface area (Å²) < 4.78 is 11.0. The van der Waals surface area contributed by atoms with Crippen molar-refractivity contribution in [2.45, 2.75) is 32.8 Å². The Kier molecular flexibility index (Phi) is 4.87. The highest BCUT2D eigenvalue weighted by Gasteiger charge is 2.29. The van der Waals surface area contributed by atoms with Crippen molar-refractivity contribution >= 4 is 11.7 Å². The van der Waals surface area contributed by atoms with Gasteiger partial charge in [-0.1, -0.05) is 5.16 Å². The second kappa shape index (κ2) is 7.08. The molecule has 1 aliphatic heterocycles. The van der Waals surface area contributed by atoms with E-state index in [0.717, 1.165) is 23.5 Å². The quantitative estimate of drug-likeness (QED) is 0.809. The van der Waals surface area contributed by atoms with Crippen molar-refractivity contribution in [2.75, 3.05) is 32.1 Å². The molecule has 1 amide bonds. The molecule has 0 N–H and O–H groups in total. The Morgan fingerprint density at radius 2 is 2.20 bits per heavy atom. The fraction of sp³-hybridized carbons (Fsp3) is 0.529. The molecule has 1 saturated heterocycles. The Balaban J connectivity index is 1.58. The largest absolute Gasteiger partial charge is 0.471 e. The van der Waals surface area contributed by atoms with Gasteiger partial charge in [0.1, 0.15) is 11.9 Å². The average Bonchev–Trinajstić information content (AvgIpc) is 3.17. The Labute approximate surface area is 146 Å². The first-order valence-corrected chi connectivity index (χ1v) is 8.29. The number of ether oxygens (including phenoxy) is 1. The molecule has 1 atom stereocenters. The van der Waals surface area contributed by atoms with Gasteiger partial charge in [0.2, 0.25) is 11.8 Å². The molecule has 134 valence electrons. The summed E-state index contributed by atoms with van der Waals surface area (Å²) in [5.41, 5.74) is 1.65. The molecule has 0 bridgehead atoms. The fourth-order valence-corrected chi connectivity index (χ4v) is 2.85. The summed E-state index contributed by atoms with van der Waals surface area (Å²) >= 11 is 0. The predicted molar refractivity (Wildman–Crippen MR) is 91.7 cm³/mol. The molecule has 0 aromatic carbocycles. The van der Waals surface area contributed by atoms with E-state index < -0.39 is 0 Å². The average molecular weight is 345 g/mol. The highest BCUT2D eigenvalue weighted by atomic mass is 16.5. The van der Waals surface area contributed by atoms with Crippen molar-refractivity contribution < 1.29 is 14.1 Å². The van der Waals surface area contributed by atoms with Crippen molar-refractivity contribution in [3.05, 3.63) is 29.4 Å². The molecule has 3 heterocycles. The molecule has 1 fully saturated rings. The van der Waals surface area contributed by atoms with Gasteiger partial charge in [0.05, 0.1) is 31.1 Å². The lowest BCUT2D eigenvalue weighted by Gasteiger charge is -2.17. The summed E-state index contributed by atoms with van der Waals surface area (Å²) in [4.78, 5) is 24.8. The van der Waals surface area contributed by atoms with Gasteiger partial charge in [0, 0.05) is 32.6 Å². The molecule has 2 aromatic heterocycles. The number of rotatable bonds is 5. The molecule has 8 nitrogen and oxygen atoms in total. The first-order valence-electron chi connectivity index (χ1n) is 8.29. The highest BCUT2D eigenvalue weighted by molar-refractivity contribution is 5.79. The molecule has 0 unspecified atom stereocenters. The van der Waals surface area contributed by atoms with Gasteiger partial charge >= 0.3 is 0 Å². The topological polar surface area (TPSA) is 84.6 Å². The van der Waals surface area contributed by atoms with Crippen LogP contribution in [0.3, 0.4) is 0 Å². The van der Waals surface area contributed by atoms with Crippen LogP contribution < -0.4 is 9.64 Å². The standard InChI is InChI=1S/C17H23N5O3/c1-11-14(12(2)25-20-11)7-17(23)22-6-5-13(10-22)24-16-9-18-8-15(19-16)21(3)4/h8-9,13H,5-7,10H2,1-4H3/t13-/m0/s1. The number of aryl methyl sites for hydroxylation is 2. The summed E-state index contributed by atoms with van der Waals surface area (Å²) in [7, 11) is 3.80. The minimum absolute atomic E-state index is 0.0635. The molecular weight excluding hydrogens is 322 g/mol. The highest BCUT2D eigenvalue weighted by Crippen LogP contribution is 2.20. The van der Waals surface area contributed by atoms with Crippen LogP contribution in [0.25, 0.3) is 0 Å². The van der Waals surface area contributed by atoms with Crippen LogP contribution >= 0.6 is 0 Å². The van der Waals surface area contributed by atoms with E-state index in [1.165, 1.54) is 0 Å². The molecule has 1 aliphatic rings. The van der Waals surface area contributed by atoms with Crippen LogP contribution in [0.15, 0.2) is 16.9 Å². The molecule has 0 saturated carbocycles. The third kappa shape index (κ3) is 3.89. The van der Waals surface area contributed by atoms with Crippen LogP contribution in [0.2, 0.25) is 0 Å². The third-order valence-electron chi connectivity index (χ3n) is 4.35. The van der Waals surface area contributed by atoms with Gasteiger partial charge < -0.3 is 19.1 Å². The number of likely N-dealkylation sites (tertiary alicyclic amines) is 1. The zero-order valence-electron chi connectivity index (χ0n) is 15.0. The maximum Gasteiger partial charge on any atom is 0.234 e. The number of nitrogens with zero attached hydrogens (tertiary/aromatic N) is 5. The molecule has 0 spiro atoms. The minimum Gasteiger partial charge on any atom is -0.471 e. The van der Waals surface area contributed by atoms with E-state index in [0.29, 0.717) is 31.2 Å². The Morgan fingerprint density at radius 3 is 2.88 bits per heavy atom. The van der Waals surface area contributed by atoms with E-state index in [-0.39, 0.29) is 12.0 Å². The SMILES string of the molecule is Cc1noc(C)c1CC(=O)N1CC[C@H](Oc2cncc(N(C)C)n2)C1. The van der Waals surface area contributed by atoms with Gasteiger partial charge in [0.25, 0.3) is 0 Å². The van der Waals surface area contributed by atoms with Gasteiger partial charge in [0.15, 0.2) is 5.82 Å². The molecule has 8 heteroatoms. The van der Waals surface area contributed by atoms with Crippen LogP contribution in [-0.4, -0.2) is 59.2 Å². The lowest BCUT2D eigenvalue weighted by molar-refractivity contribution is -0.129. The van der Waals surface area contributed by atoms with Crippen LogP contribution in [0.1, 0.15) is 23.4 Å². The second-order valence-electron chi connectivity index (χ2n) is 6.46. The van der Waals surface area contributed by atoms with Gasteiger partial charge in [-0.05, 0) is 13.8 Å². The number of hydrogen-bond donors (Lipinski definition) is 0. The van der Waals surface area contributed by atoms with E-state index in [2.05, 4.69) is 15.1 Å². The summed E-state index contributed by atoms with van der Waals surface area (Å²) in [5.74, 6) is 1.99. The molecule has 3 rings (SSSR count). The predicted octanol–water partition coefficient (Wildman–Crippen LogP) is 1.37. The summed E-state index contributed by atoms with van der Waals surface area (Å²) in [6, 6.07) is 0. The normalized spacial score (nSPS) is 17.0. The van der Waals surface area contributed by atoms with Crippen LogP contribution in [0.5, 0.6) is 5.88 Å². The van der Waals surface area contributed by atoms with Gasteiger partial charge in [-0.15, -0.1) is 0 Å². The van der Waals surface area contributed by atoms with Crippen molar-refractivity contribution in [1.82, 2.24) is 20.0 Å². The molecule has 2 aromatic rings. The third-order valence-corrected chi connectivity index (χ3v) is 4.35. The monoisotopic (exact) mass is 345 g/mol. The lowest BCUT2D eigenvalue weighted by atomic mass is 10.1. The number of aromatic nitrogens is 3. The Morgan fingerprint density at radius 1 is 1.40 bits per heavy atom. The van der Waals surface area contributed by atoms with E-state index in [1.54, 1.807) is 12.4 Å². The van der Waals surface area contributed by atoms with Crippen molar-refractivity contribution in [3.63, 3.8) is 0 Å². The van der Waals surface area contributed by atoms with Crippen molar-refractivity contribution in [2.24, 2.45) is 0 Å². The Bertz CT molecular complexity index is 739. The van der Waals surface area contributed by atoms with Gasteiger partial charge in [-0.2, -0.15) is 4.98 Å². The van der Waals surface area contributed by atoms with E-state index >= 15 is 0 Å². The minimum atomic E-state index is -0.0691.